The van der Waals surface area contributed by atoms with Crippen LogP contribution in [0.5, 0.6) is 0 Å². The van der Waals surface area contributed by atoms with Gasteiger partial charge in [0.05, 0.1) is 12.2 Å². The number of sulfonamides is 1. The van der Waals surface area contributed by atoms with Crippen LogP contribution in [0.3, 0.4) is 0 Å². The first-order valence-corrected chi connectivity index (χ1v) is 8.15. The summed E-state index contributed by atoms with van der Waals surface area (Å²) in [5, 5.41) is 6.44. The van der Waals surface area contributed by atoms with Crippen LogP contribution in [-0.2, 0) is 10.0 Å². The van der Waals surface area contributed by atoms with Gasteiger partial charge in [0.15, 0.2) is 0 Å². The number of amidine groups is 1. The van der Waals surface area contributed by atoms with E-state index in [0.29, 0.717) is 24.1 Å². The molecule has 1 saturated heterocycles. The van der Waals surface area contributed by atoms with Gasteiger partial charge in [0.1, 0.15) is 10.7 Å². The molecule has 0 bridgehead atoms. The SMILES string of the molecule is C[C@H]1CNCCN1CC1=NS(=O)(=O)c2ccccc2N1.Cl. The first-order valence-electron chi connectivity index (χ1n) is 6.71. The van der Waals surface area contributed by atoms with Crippen LogP contribution in [0.4, 0.5) is 5.69 Å². The van der Waals surface area contributed by atoms with Crippen LogP contribution in [0.2, 0.25) is 0 Å². The molecule has 1 fully saturated rings. The second kappa shape index (κ2) is 6.31. The van der Waals surface area contributed by atoms with Gasteiger partial charge >= 0.3 is 0 Å². The average Bonchev–Trinajstić information content (AvgIpc) is 2.41. The average molecular weight is 331 g/mol. The van der Waals surface area contributed by atoms with Crippen molar-refractivity contribution in [1.29, 1.82) is 0 Å². The molecule has 2 heterocycles. The molecule has 3 rings (SSSR count). The molecule has 2 N–H and O–H groups in total. The van der Waals surface area contributed by atoms with Crippen LogP contribution >= 0.6 is 12.4 Å². The maximum Gasteiger partial charge on any atom is 0.286 e. The third-order valence-electron chi connectivity index (χ3n) is 3.67. The van der Waals surface area contributed by atoms with Crippen molar-refractivity contribution in [1.82, 2.24) is 10.2 Å². The molecule has 6 nitrogen and oxygen atoms in total. The molecule has 0 aromatic heterocycles. The highest BCUT2D eigenvalue weighted by Crippen LogP contribution is 2.26. The van der Waals surface area contributed by atoms with Gasteiger partial charge in [-0.1, -0.05) is 12.1 Å². The maximum absolute atomic E-state index is 12.1. The number of rotatable bonds is 2. The Labute approximate surface area is 131 Å². The molecular formula is C13H19ClN4O2S. The van der Waals surface area contributed by atoms with Gasteiger partial charge in [-0.15, -0.1) is 16.8 Å². The summed E-state index contributed by atoms with van der Waals surface area (Å²) in [7, 11) is -3.58. The molecule has 1 atom stereocenters. The standard InChI is InChI=1S/C13H18N4O2S.ClH/c1-10-8-14-6-7-17(10)9-13-15-11-4-2-3-5-12(11)20(18,19)16-13;/h2-5,10,14H,6-9H2,1H3,(H,15,16);1H/t10-;/m0./s1. The van der Waals surface area contributed by atoms with E-state index >= 15 is 0 Å². The molecule has 0 amide bonds. The Balaban J connectivity index is 0.00000161. The van der Waals surface area contributed by atoms with Crippen molar-refractivity contribution in [2.24, 2.45) is 4.40 Å². The largest absolute Gasteiger partial charge is 0.341 e. The van der Waals surface area contributed by atoms with Crippen LogP contribution in [0.15, 0.2) is 33.6 Å². The monoisotopic (exact) mass is 330 g/mol. The van der Waals surface area contributed by atoms with Crippen molar-refractivity contribution >= 4 is 34.0 Å². The first kappa shape index (κ1) is 16.2. The van der Waals surface area contributed by atoms with E-state index in [1.54, 1.807) is 18.2 Å². The fourth-order valence-corrected chi connectivity index (χ4v) is 3.69. The van der Waals surface area contributed by atoms with Crippen molar-refractivity contribution < 1.29 is 8.42 Å². The van der Waals surface area contributed by atoms with Crippen molar-refractivity contribution in [3.63, 3.8) is 0 Å². The number of halogens is 1. The number of nitrogens with zero attached hydrogens (tertiary/aromatic N) is 2. The minimum Gasteiger partial charge on any atom is -0.341 e. The molecule has 21 heavy (non-hydrogen) atoms. The fourth-order valence-electron chi connectivity index (χ4n) is 2.55. The van der Waals surface area contributed by atoms with E-state index in [4.69, 9.17) is 0 Å². The Morgan fingerprint density at radius 3 is 2.90 bits per heavy atom. The summed E-state index contributed by atoms with van der Waals surface area (Å²) in [6, 6.07) is 7.23. The smallest absolute Gasteiger partial charge is 0.286 e. The molecule has 0 radical (unpaired) electrons. The quantitative estimate of drug-likeness (QED) is 0.843. The Morgan fingerprint density at radius 1 is 1.38 bits per heavy atom. The summed E-state index contributed by atoms with van der Waals surface area (Å²) in [6.07, 6.45) is 0. The highest BCUT2D eigenvalue weighted by Gasteiger charge is 2.27. The van der Waals surface area contributed by atoms with Crippen LogP contribution in [0.1, 0.15) is 6.92 Å². The normalized spacial score (nSPS) is 24.2. The summed E-state index contributed by atoms with van der Waals surface area (Å²) in [6.45, 7) is 5.37. The predicted molar refractivity (Wildman–Crippen MR) is 85.8 cm³/mol. The van der Waals surface area contributed by atoms with Gasteiger partial charge < -0.3 is 10.6 Å². The lowest BCUT2D eigenvalue weighted by atomic mass is 10.2. The van der Waals surface area contributed by atoms with Crippen LogP contribution in [0, 0.1) is 0 Å². The van der Waals surface area contributed by atoms with Gasteiger partial charge in [-0.25, -0.2) is 0 Å². The number of para-hydroxylation sites is 1. The van der Waals surface area contributed by atoms with Gasteiger partial charge in [-0.3, -0.25) is 4.90 Å². The predicted octanol–water partition coefficient (Wildman–Crippen LogP) is 0.915. The van der Waals surface area contributed by atoms with Crippen molar-refractivity contribution in [3.8, 4) is 0 Å². The highest BCUT2D eigenvalue weighted by molar-refractivity contribution is 7.90. The third-order valence-corrected chi connectivity index (χ3v) is 5.04. The van der Waals surface area contributed by atoms with E-state index in [1.807, 2.05) is 6.07 Å². The molecule has 8 heteroatoms. The van der Waals surface area contributed by atoms with E-state index in [1.165, 1.54) is 0 Å². The van der Waals surface area contributed by atoms with Gasteiger partial charge in [-0.05, 0) is 19.1 Å². The zero-order valence-electron chi connectivity index (χ0n) is 11.7. The van der Waals surface area contributed by atoms with Gasteiger partial charge in [0.2, 0.25) is 0 Å². The molecule has 116 valence electrons. The summed E-state index contributed by atoms with van der Waals surface area (Å²) in [4.78, 5) is 2.48. The summed E-state index contributed by atoms with van der Waals surface area (Å²) >= 11 is 0. The van der Waals surface area contributed by atoms with E-state index in [-0.39, 0.29) is 17.3 Å². The van der Waals surface area contributed by atoms with Crippen LogP contribution in [0.25, 0.3) is 0 Å². The molecule has 2 aliphatic heterocycles. The zero-order valence-corrected chi connectivity index (χ0v) is 13.4. The lowest BCUT2D eigenvalue weighted by molar-refractivity contribution is 0.198. The molecule has 0 saturated carbocycles. The Kier molecular flexibility index (Phi) is 4.88. The fraction of sp³-hybridized carbons (Fsp3) is 0.462. The van der Waals surface area contributed by atoms with Gasteiger partial charge in [0.25, 0.3) is 10.0 Å². The molecular weight excluding hydrogens is 312 g/mol. The molecule has 0 unspecified atom stereocenters. The van der Waals surface area contributed by atoms with E-state index < -0.39 is 10.0 Å². The summed E-state index contributed by atoms with van der Waals surface area (Å²) < 4.78 is 28.2. The van der Waals surface area contributed by atoms with E-state index in [9.17, 15) is 8.42 Å². The lowest BCUT2D eigenvalue weighted by Crippen LogP contribution is -2.52. The Hall–Kier alpha value is -1.15. The minimum absolute atomic E-state index is 0. The van der Waals surface area contributed by atoms with Crippen LogP contribution < -0.4 is 10.6 Å². The van der Waals surface area contributed by atoms with Gasteiger partial charge in [-0.2, -0.15) is 8.42 Å². The second-order valence-corrected chi connectivity index (χ2v) is 6.73. The van der Waals surface area contributed by atoms with Crippen molar-refractivity contribution in [2.75, 3.05) is 31.5 Å². The first-order chi connectivity index (χ1) is 9.56. The van der Waals surface area contributed by atoms with Gasteiger partial charge in [0, 0.05) is 25.7 Å². The molecule has 0 aliphatic carbocycles. The third kappa shape index (κ3) is 3.37. The van der Waals surface area contributed by atoms with E-state index in [0.717, 1.165) is 19.6 Å². The minimum atomic E-state index is -3.58. The molecule has 1 aromatic rings. The number of anilines is 1. The maximum atomic E-state index is 12.1. The molecule has 2 aliphatic rings. The summed E-state index contributed by atoms with van der Waals surface area (Å²) in [5.41, 5.74) is 0.611. The zero-order chi connectivity index (χ0) is 14.2. The summed E-state index contributed by atoms with van der Waals surface area (Å²) in [5.74, 6) is 0.498. The molecule has 0 spiro atoms. The van der Waals surface area contributed by atoms with Crippen molar-refractivity contribution in [3.05, 3.63) is 24.3 Å². The highest BCUT2D eigenvalue weighted by atomic mass is 35.5. The number of hydrogen-bond acceptors (Lipinski definition) is 5. The number of piperazine rings is 1. The Bertz CT molecular complexity index is 647. The van der Waals surface area contributed by atoms with Crippen LogP contribution in [-0.4, -0.2) is 51.4 Å². The number of fused-ring (bicyclic) bond motifs is 1. The topological polar surface area (TPSA) is 73.8 Å². The second-order valence-electron chi connectivity index (χ2n) is 5.16. The number of hydrogen-bond donors (Lipinski definition) is 2. The van der Waals surface area contributed by atoms with E-state index in [2.05, 4.69) is 26.9 Å². The Morgan fingerprint density at radius 2 is 2.14 bits per heavy atom. The van der Waals surface area contributed by atoms with Crippen molar-refractivity contribution in [2.45, 2.75) is 17.9 Å². The number of nitrogens with one attached hydrogen (secondary N) is 2. The molecule has 1 aromatic carbocycles. The number of benzene rings is 1. The lowest BCUT2D eigenvalue weighted by Gasteiger charge is -2.34.